The average Bonchev–Trinajstić information content (AvgIpc) is 2.54. The Bertz CT molecular complexity index is 864. The fourth-order valence-corrected chi connectivity index (χ4v) is 2.79. The van der Waals surface area contributed by atoms with Crippen molar-refractivity contribution in [1.82, 2.24) is 9.97 Å². The number of hydrogen-bond acceptors (Lipinski definition) is 5. The van der Waals surface area contributed by atoms with E-state index in [-0.39, 0.29) is 0 Å². The van der Waals surface area contributed by atoms with Crippen LogP contribution in [0.5, 0.6) is 5.75 Å². The van der Waals surface area contributed by atoms with Gasteiger partial charge >= 0.3 is 0 Å². The van der Waals surface area contributed by atoms with E-state index in [0.29, 0.717) is 21.8 Å². The van der Waals surface area contributed by atoms with E-state index < -0.39 is 0 Å². The fraction of sp³-hybridized carbons (Fsp3) is 0.111. The standard InChI is InChI=1S/C18H16Cl2N4O/c1-11-7-17(22-15-9-12(19)8-13(20)10-15)24-18(21-11)23-14-3-5-16(25-2)6-4-14/h3-10H,1-2H3,(H2,21,22,23,24). The van der Waals surface area contributed by atoms with E-state index in [1.54, 1.807) is 25.3 Å². The molecule has 1 aromatic heterocycles. The van der Waals surface area contributed by atoms with Gasteiger partial charge < -0.3 is 15.4 Å². The van der Waals surface area contributed by atoms with E-state index in [2.05, 4.69) is 20.6 Å². The normalized spacial score (nSPS) is 10.4. The molecular formula is C18H16Cl2N4O. The van der Waals surface area contributed by atoms with Crippen molar-refractivity contribution in [1.29, 1.82) is 0 Å². The van der Waals surface area contributed by atoms with Crippen LogP contribution in [0.1, 0.15) is 5.69 Å². The highest BCUT2D eigenvalue weighted by Crippen LogP contribution is 2.26. The highest BCUT2D eigenvalue weighted by molar-refractivity contribution is 6.35. The van der Waals surface area contributed by atoms with Crippen molar-refractivity contribution < 1.29 is 4.74 Å². The Labute approximate surface area is 156 Å². The van der Waals surface area contributed by atoms with E-state index in [9.17, 15) is 0 Å². The molecule has 0 aliphatic carbocycles. The van der Waals surface area contributed by atoms with E-state index in [0.717, 1.165) is 22.8 Å². The number of nitrogens with one attached hydrogen (secondary N) is 2. The predicted octanol–water partition coefficient (Wildman–Crippen LogP) is 5.59. The first-order chi connectivity index (χ1) is 12.0. The summed E-state index contributed by atoms with van der Waals surface area (Å²) >= 11 is 12.1. The molecule has 128 valence electrons. The Morgan fingerprint density at radius 1 is 0.840 bits per heavy atom. The number of methoxy groups -OCH3 is 1. The molecule has 0 spiro atoms. The zero-order chi connectivity index (χ0) is 17.8. The van der Waals surface area contributed by atoms with Crippen molar-refractivity contribution in [2.75, 3.05) is 17.7 Å². The molecule has 0 atom stereocenters. The predicted molar refractivity (Wildman–Crippen MR) is 103 cm³/mol. The summed E-state index contributed by atoms with van der Waals surface area (Å²) in [5, 5.41) is 7.47. The number of aromatic nitrogens is 2. The molecule has 25 heavy (non-hydrogen) atoms. The lowest BCUT2D eigenvalue weighted by Gasteiger charge is -2.11. The zero-order valence-electron chi connectivity index (χ0n) is 13.7. The molecule has 0 aliphatic heterocycles. The summed E-state index contributed by atoms with van der Waals surface area (Å²) in [7, 11) is 1.63. The van der Waals surface area contributed by atoms with E-state index in [1.165, 1.54) is 0 Å². The summed E-state index contributed by atoms with van der Waals surface area (Å²) in [6, 6.07) is 14.6. The van der Waals surface area contributed by atoms with Crippen LogP contribution in [0.4, 0.5) is 23.1 Å². The summed E-state index contributed by atoms with van der Waals surface area (Å²) in [4.78, 5) is 8.88. The van der Waals surface area contributed by atoms with Gasteiger partial charge in [0.15, 0.2) is 0 Å². The molecule has 2 N–H and O–H groups in total. The minimum Gasteiger partial charge on any atom is -0.497 e. The third kappa shape index (κ3) is 4.75. The maximum Gasteiger partial charge on any atom is 0.229 e. The summed E-state index contributed by atoms with van der Waals surface area (Å²) in [5.41, 5.74) is 2.44. The van der Waals surface area contributed by atoms with Crippen LogP contribution in [0.15, 0.2) is 48.5 Å². The molecule has 7 heteroatoms. The van der Waals surface area contributed by atoms with Crippen LogP contribution in [0.25, 0.3) is 0 Å². The second-order valence-corrected chi connectivity index (χ2v) is 6.23. The molecule has 0 saturated heterocycles. The van der Waals surface area contributed by atoms with Gasteiger partial charge in [0, 0.05) is 33.2 Å². The molecular weight excluding hydrogens is 359 g/mol. The van der Waals surface area contributed by atoms with Gasteiger partial charge in [-0.25, -0.2) is 4.98 Å². The molecule has 3 rings (SSSR count). The first kappa shape index (κ1) is 17.3. The van der Waals surface area contributed by atoms with Crippen molar-refractivity contribution in [2.45, 2.75) is 6.92 Å². The number of aryl methyl sites for hydroxylation is 1. The van der Waals surface area contributed by atoms with Gasteiger partial charge in [0.1, 0.15) is 11.6 Å². The number of benzene rings is 2. The molecule has 0 fully saturated rings. The monoisotopic (exact) mass is 374 g/mol. The van der Waals surface area contributed by atoms with Crippen LogP contribution in [0.2, 0.25) is 10.0 Å². The van der Waals surface area contributed by atoms with Gasteiger partial charge in [-0.1, -0.05) is 23.2 Å². The summed E-state index contributed by atoms with van der Waals surface area (Å²) in [6.07, 6.45) is 0. The quantitative estimate of drug-likeness (QED) is 0.609. The summed E-state index contributed by atoms with van der Waals surface area (Å²) in [5.74, 6) is 1.92. The first-order valence-electron chi connectivity index (χ1n) is 7.52. The molecule has 3 aromatic rings. The first-order valence-corrected chi connectivity index (χ1v) is 8.27. The lowest BCUT2D eigenvalue weighted by molar-refractivity contribution is 0.415. The molecule has 0 amide bonds. The summed E-state index contributed by atoms with van der Waals surface area (Å²) < 4.78 is 5.15. The smallest absolute Gasteiger partial charge is 0.229 e. The molecule has 2 aromatic carbocycles. The van der Waals surface area contributed by atoms with Crippen LogP contribution < -0.4 is 15.4 Å². The van der Waals surface area contributed by atoms with Crippen molar-refractivity contribution in [3.05, 3.63) is 64.3 Å². The maximum atomic E-state index is 6.03. The van der Waals surface area contributed by atoms with Gasteiger partial charge in [0.25, 0.3) is 0 Å². The Hall–Kier alpha value is -2.50. The lowest BCUT2D eigenvalue weighted by atomic mass is 10.3. The Kier molecular flexibility index (Phi) is 5.26. The number of halogens is 2. The van der Waals surface area contributed by atoms with Crippen LogP contribution in [0, 0.1) is 6.92 Å². The second-order valence-electron chi connectivity index (χ2n) is 5.35. The Morgan fingerprint density at radius 2 is 1.52 bits per heavy atom. The minimum absolute atomic E-state index is 0.487. The van der Waals surface area contributed by atoms with E-state index in [1.807, 2.05) is 37.3 Å². The molecule has 0 aliphatic rings. The number of anilines is 4. The molecule has 0 saturated carbocycles. The van der Waals surface area contributed by atoms with Crippen LogP contribution in [-0.4, -0.2) is 17.1 Å². The van der Waals surface area contributed by atoms with Gasteiger partial charge in [-0.2, -0.15) is 4.98 Å². The van der Waals surface area contributed by atoms with Crippen molar-refractivity contribution in [3.8, 4) is 5.75 Å². The van der Waals surface area contributed by atoms with Crippen molar-refractivity contribution in [2.24, 2.45) is 0 Å². The van der Waals surface area contributed by atoms with Gasteiger partial charge in [0.2, 0.25) is 5.95 Å². The van der Waals surface area contributed by atoms with Gasteiger partial charge in [-0.05, 0) is 49.4 Å². The van der Waals surface area contributed by atoms with Gasteiger partial charge in [0.05, 0.1) is 7.11 Å². The number of rotatable bonds is 5. The summed E-state index contributed by atoms with van der Waals surface area (Å²) in [6.45, 7) is 1.90. The van der Waals surface area contributed by atoms with E-state index >= 15 is 0 Å². The fourth-order valence-electron chi connectivity index (χ4n) is 2.27. The second kappa shape index (κ2) is 7.59. The third-order valence-electron chi connectivity index (χ3n) is 3.34. The molecule has 0 unspecified atom stereocenters. The Morgan fingerprint density at radius 3 is 2.16 bits per heavy atom. The number of ether oxygens (including phenoxy) is 1. The topological polar surface area (TPSA) is 59.1 Å². The zero-order valence-corrected chi connectivity index (χ0v) is 15.2. The molecule has 5 nitrogen and oxygen atoms in total. The van der Waals surface area contributed by atoms with Crippen LogP contribution >= 0.6 is 23.2 Å². The van der Waals surface area contributed by atoms with Gasteiger partial charge in [-0.15, -0.1) is 0 Å². The molecule has 0 radical (unpaired) electrons. The maximum absolute atomic E-state index is 6.03. The number of nitrogens with zero attached hydrogens (tertiary/aromatic N) is 2. The van der Waals surface area contributed by atoms with Crippen molar-refractivity contribution in [3.63, 3.8) is 0 Å². The SMILES string of the molecule is COc1ccc(Nc2nc(C)cc(Nc3cc(Cl)cc(Cl)c3)n2)cc1. The molecule has 1 heterocycles. The van der Waals surface area contributed by atoms with Crippen LogP contribution in [0.3, 0.4) is 0 Å². The average molecular weight is 375 g/mol. The minimum atomic E-state index is 0.487. The van der Waals surface area contributed by atoms with E-state index in [4.69, 9.17) is 27.9 Å². The highest BCUT2D eigenvalue weighted by Gasteiger charge is 2.05. The number of hydrogen-bond donors (Lipinski definition) is 2. The highest BCUT2D eigenvalue weighted by atomic mass is 35.5. The largest absolute Gasteiger partial charge is 0.497 e. The lowest BCUT2D eigenvalue weighted by Crippen LogP contribution is -2.02. The third-order valence-corrected chi connectivity index (χ3v) is 3.77. The van der Waals surface area contributed by atoms with Gasteiger partial charge in [-0.3, -0.25) is 0 Å². The molecule has 0 bridgehead atoms. The Balaban J connectivity index is 1.81. The van der Waals surface area contributed by atoms with Crippen LogP contribution in [-0.2, 0) is 0 Å². The van der Waals surface area contributed by atoms with Crippen molar-refractivity contribution >= 4 is 46.3 Å².